The molecule has 2 aromatic rings. The van der Waals surface area contributed by atoms with Crippen LogP contribution in [0.15, 0.2) is 52.3 Å². The molecule has 172 valence electrons. The number of non-ortho nitro benzene ring substituents is 1. The number of rotatable bonds is 8. The Labute approximate surface area is 192 Å². The lowest BCUT2D eigenvalue weighted by molar-refractivity contribution is -0.385. The lowest BCUT2D eigenvalue weighted by Crippen LogP contribution is -2.43. The molecule has 3 rings (SSSR count). The van der Waals surface area contributed by atoms with Gasteiger partial charge >= 0.3 is 0 Å². The fourth-order valence-corrected chi connectivity index (χ4v) is 6.08. The standard InChI is InChI=1S/C22H27N3O5S2/c1-16-3-7-20(8-4-16)31-14-11-23-22(26)18-9-12-24(13-10-18)32(29,30)21-15-19(25(27)28)6-5-17(21)2/h3-8,15,18H,9-14H2,1-2H3,(H,23,26). The minimum Gasteiger partial charge on any atom is -0.355 e. The molecule has 1 amide bonds. The number of piperidine rings is 1. The number of sulfonamides is 1. The SMILES string of the molecule is Cc1ccc(SCCNC(=O)C2CCN(S(=O)(=O)c3cc([N+](=O)[O-])ccc3C)CC2)cc1. The smallest absolute Gasteiger partial charge is 0.270 e. The van der Waals surface area contributed by atoms with Crippen molar-refractivity contribution in [1.82, 2.24) is 9.62 Å². The summed E-state index contributed by atoms with van der Waals surface area (Å²) in [5.74, 6) is 0.462. The number of hydrogen-bond acceptors (Lipinski definition) is 6. The first-order valence-corrected chi connectivity index (χ1v) is 12.8. The predicted octanol–water partition coefficient (Wildman–Crippen LogP) is 3.52. The molecule has 0 spiro atoms. The fraction of sp³-hybridized carbons (Fsp3) is 0.409. The van der Waals surface area contributed by atoms with E-state index in [1.165, 1.54) is 22.0 Å². The van der Waals surface area contributed by atoms with Crippen LogP contribution in [0.5, 0.6) is 0 Å². The molecule has 0 aliphatic carbocycles. The van der Waals surface area contributed by atoms with Crippen molar-refractivity contribution in [2.24, 2.45) is 5.92 Å². The van der Waals surface area contributed by atoms with Gasteiger partial charge in [-0.2, -0.15) is 4.31 Å². The molecule has 32 heavy (non-hydrogen) atoms. The van der Waals surface area contributed by atoms with Crippen molar-refractivity contribution in [2.75, 3.05) is 25.4 Å². The van der Waals surface area contributed by atoms with Gasteiger partial charge in [0.1, 0.15) is 0 Å². The number of carbonyl (C=O) groups excluding carboxylic acids is 1. The Balaban J connectivity index is 1.50. The maximum absolute atomic E-state index is 13.0. The van der Waals surface area contributed by atoms with Crippen molar-refractivity contribution in [3.63, 3.8) is 0 Å². The van der Waals surface area contributed by atoms with Gasteiger partial charge in [-0.3, -0.25) is 14.9 Å². The predicted molar refractivity (Wildman–Crippen MR) is 124 cm³/mol. The zero-order valence-corrected chi connectivity index (χ0v) is 19.7. The summed E-state index contributed by atoms with van der Waals surface area (Å²) >= 11 is 1.67. The molecule has 8 nitrogen and oxygen atoms in total. The summed E-state index contributed by atoms with van der Waals surface area (Å²) in [4.78, 5) is 24.0. The van der Waals surface area contributed by atoms with Crippen LogP contribution in [0.4, 0.5) is 5.69 Å². The molecule has 0 radical (unpaired) electrons. The highest BCUT2D eigenvalue weighted by Gasteiger charge is 2.33. The summed E-state index contributed by atoms with van der Waals surface area (Å²) in [5, 5.41) is 14.0. The summed E-state index contributed by atoms with van der Waals surface area (Å²) < 4.78 is 27.4. The molecule has 1 fully saturated rings. The third-order valence-electron chi connectivity index (χ3n) is 5.52. The quantitative estimate of drug-likeness (QED) is 0.270. The van der Waals surface area contributed by atoms with E-state index in [1.807, 2.05) is 6.92 Å². The number of hydrogen-bond donors (Lipinski definition) is 1. The molecule has 1 saturated heterocycles. The summed E-state index contributed by atoms with van der Waals surface area (Å²) in [7, 11) is -3.86. The molecule has 1 heterocycles. The van der Waals surface area contributed by atoms with Crippen molar-refractivity contribution in [1.29, 1.82) is 0 Å². The minimum absolute atomic E-state index is 0.0530. The second kappa shape index (κ2) is 10.5. The third kappa shape index (κ3) is 5.87. The van der Waals surface area contributed by atoms with Gasteiger partial charge in [0.15, 0.2) is 0 Å². The average Bonchev–Trinajstić information content (AvgIpc) is 2.78. The van der Waals surface area contributed by atoms with Crippen LogP contribution in [0.25, 0.3) is 0 Å². The largest absolute Gasteiger partial charge is 0.355 e. The number of amides is 1. The Morgan fingerprint density at radius 1 is 1.16 bits per heavy atom. The van der Waals surface area contributed by atoms with Crippen LogP contribution >= 0.6 is 11.8 Å². The molecule has 1 aliphatic rings. The van der Waals surface area contributed by atoms with Gasteiger partial charge in [0.25, 0.3) is 5.69 Å². The molecule has 0 unspecified atom stereocenters. The minimum atomic E-state index is -3.86. The number of benzene rings is 2. The van der Waals surface area contributed by atoms with Crippen LogP contribution in [-0.4, -0.2) is 48.9 Å². The molecule has 10 heteroatoms. The molecule has 0 bridgehead atoms. The highest BCUT2D eigenvalue weighted by Crippen LogP contribution is 2.28. The van der Waals surface area contributed by atoms with E-state index < -0.39 is 14.9 Å². The summed E-state index contributed by atoms with van der Waals surface area (Å²) in [6.07, 6.45) is 0.842. The van der Waals surface area contributed by atoms with Gasteiger partial charge in [-0.15, -0.1) is 11.8 Å². The molecular weight excluding hydrogens is 450 g/mol. The van der Waals surface area contributed by atoms with Gasteiger partial charge in [-0.05, 0) is 44.4 Å². The molecule has 1 aliphatic heterocycles. The molecule has 2 aromatic carbocycles. The number of thioether (sulfide) groups is 1. The van der Waals surface area contributed by atoms with Gasteiger partial charge in [-0.25, -0.2) is 8.42 Å². The van der Waals surface area contributed by atoms with Gasteiger partial charge in [0.05, 0.1) is 9.82 Å². The van der Waals surface area contributed by atoms with Crippen LogP contribution in [0.3, 0.4) is 0 Å². The molecule has 0 saturated carbocycles. The Hall–Kier alpha value is -2.43. The lowest BCUT2D eigenvalue weighted by atomic mass is 9.97. The number of nitrogens with zero attached hydrogens (tertiary/aromatic N) is 2. The highest BCUT2D eigenvalue weighted by molar-refractivity contribution is 7.99. The second-order valence-electron chi connectivity index (χ2n) is 7.84. The first kappa shape index (κ1) is 24.2. The van der Waals surface area contributed by atoms with Crippen LogP contribution in [0.1, 0.15) is 24.0 Å². The summed E-state index contributed by atoms with van der Waals surface area (Å²) in [5.41, 5.74) is 1.41. The summed E-state index contributed by atoms with van der Waals surface area (Å²) in [6.45, 7) is 4.62. The molecule has 0 atom stereocenters. The van der Waals surface area contributed by atoms with E-state index >= 15 is 0 Å². The van der Waals surface area contributed by atoms with Crippen molar-refractivity contribution in [3.05, 3.63) is 63.7 Å². The van der Waals surface area contributed by atoms with E-state index in [9.17, 15) is 23.3 Å². The van der Waals surface area contributed by atoms with Crippen molar-refractivity contribution in [3.8, 4) is 0 Å². The van der Waals surface area contributed by atoms with Crippen LogP contribution < -0.4 is 5.32 Å². The fourth-order valence-electron chi connectivity index (χ4n) is 3.60. The normalized spacial score (nSPS) is 15.4. The third-order valence-corrected chi connectivity index (χ3v) is 8.57. The number of carbonyl (C=O) groups is 1. The zero-order chi connectivity index (χ0) is 23.3. The molecule has 1 N–H and O–H groups in total. The maximum atomic E-state index is 13.0. The van der Waals surface area contributed by atoms with Crippen molar-refractivity contribution < 1.29 is 18.1 Å². The monoisotopic (exact) mass is 477 g/mol. The van der Waals surface area contributed by atoms with E-state index in [1.54, 1.807) is 18.7 Å². The van der Waals surface area contributed by atoms with Crippen molar-refractivity contribution >= 4 is 33.4 Å². The van der Waals surface area contributed by atoms with Gasteiger partial charge < -0.3 is 5.32 Å². The number of nitrogens with one attached hydrogen (secondary N) is 1. The van der Waals surface area contributed by atoms with E-state index in [0.717, 1.165) is 16.7 Å². The van der Waals surface area contributed by atoms with Gasteiger partial charge in [0, 0.05) is 48.3 Å². The second-order valence-corrected chi connectivity index (χ2v) is 10.9. The number of aryl methyl sites for hydroxylation is 2. The van der Waals surface area contributed by atoms with E-state index in [0.29, 0.717) is 24.9 Å². The van der Waals surface area contributed by atoms with E-state index in [-0.39, 0.29) is 35.5 Å². The lowest BCUT2D eigenvalue weighted by Gasteiger charge is -2.30. The molecular formula is C22H27N3O5S2. The zero-order valence-electron chi connectivity index (χ0n) is 18.1. The highest BCUT2D eigenvalue weighted by atomic mass is 32.2. The average molecular weight is 478 g/mol. The van der Waals surface area contributed by atoms with E-state index in [2.05, 4.69) is 29.6 Å². The Bertz CT molecular complexity index is 1080. The Morgan fingerprint density at radius 3 is 2.44 bits per heavy atom. The first-order valence-electron chi connectivity index (χ1n) is 10.4. The molecule has 0 aromatic heterocycles. The van der Waals surface area contributed by atoms with Gasteiger partial charge in [-0.1, -0.05) is 23.8 Å². The van der Waals surface area contributed by atoms with Crippen LogP contribution in [-0.2, 0) is 14.8 Å². The topological polar surface area (TPSA) is 110 Å². The Kier molecular flexibility index (Phi) is 7.91. The van der Waals surface area contributed by atoms with Crippen LogP contribution in [0, 0.1) is 29.9 Å². The maximum Gasteiger partial charge on any atom is 0.270 e. The number of nitro groups is 1. The van der Waals surface area contributed by atoms with E-state index in [4.69, 9.17) is 0 Å². The number of nitro benzene ring substituents is 1. The van der Waals surface area contributed by atoms with Gasteiger partial charge in [0.2, 0.25) is 15.9 Å². The van der Waals surface area contributed by atoms with Crippen LogP contribution in [0.2, 0.25) is 0 Å². The Morgan fingerprint density at radius 2 is 1.81 bits per heavy atom. The first-order chi connectivity index (χ1) is 15.2. The summed E-state index contributed by atoms with van der Waals surface area (Å²) in [6, 6.07) is 12.1. The van der Waals surface area contributed by atoms with Crippen molar-refractivity contribution in [2.45, 2.75) is 36.5 Å².